The molecule has 1 fully saturated rings. The number of imidazole rings is 1. The van der Waals surface area contributed by atoms with Crippen LogP contribution in [0, 0.1) is 12.8 Å². The lowest BCUT2D eigenvalue weighted by Gasteiger charge is -2.12. The summed E-state index contributed by atoms with van der Waals surface area (Å²) in [5.74, 6) is 0.0929. The molecule has 3 N–H and O–H groups in total. The first-order chi connectivity index (χ1) is 9.15. The van der Waals surface area contributed by atoms with Gasteiger partial charge in [-0.2, -0.15) is 4.98 Å². The maximum absolute atomic E-state index is 11.6. The lowest BCUT2D eigenvalue weighted by atomic mass is 10.2. The number of aromatic nitrogens is 4. The molecule has 100 valence electrons. The summed E-state index contributed by atoms with van der Waals surface area (Å²) in [6.45, 7) is 2.02. The van der Waals surface area contributed by atoms with Crippen LogP contribution in [0.15, 0.2) is 11.1 Å². The fraction of sp³-hybridized carbons (Fsp3) is 0.417. The lowest BCUT2D eigenvalue weighted by molar-refractivity contribution is 0.0132. The molecule has 0 bridgehead atoms. The highest BCUT2D eigenvalue weighted by molar-refractivity contribution is 5.70. The average Bonchev–Trinajstić information content (AvgIpc) is 2.97. The third-order valence-electron chi connectivity index (χ3n) is 2.97. The zero-order valence-corrected chi connectivity index (χ0v) is 10.5. The van der Waals surface area contributed by atoms with Gasteiger partial charge in [0, 0.05) is 0 Å². The van der Waals surface area contributed by atoms with E-state index in [2.05, 4.69) is 27.8 Å². The SMILES string of the molecule is C#C.C[C@@H]1CC[C@H](n2cnc3c(=O)[nH]c(N)nc32)O1. The van der Waals surface area contributed by atoms with Crippen molar-refractivity contribution in [1.29, 1.82) is 0 Å². The predicted molar refractivity (Wildman–Crippen MR) is 71.3 cm³/mol. The highest BCUT2D eigenvalue weighted by Gasteiger charge is 2.25. The molecule has 0 radical (unpaired) electrons. The Kier molecular flexibility index (Phi) is 3.53. The number of terminal acetylenes is 1. The van der Waals surface area contributed by atoms with Gasteiger partial charge in [-0.25, -0.2) is 4.98 Å². The van der Waals surface area contributed by atoms with E-state index in [1.807, 2.05) is 6.92 Å². The molecule has 0 aliphatic carbocycles. The molecule has 0 amide bonds. The van der Waals surface area contributed by atoms with Crippen molar-refractivity contribution in [1.82, 2.24) is 19.5 Å². The largest absolute Gasteiger partial charge is 0.369 e. The van der Waals surface area contributed by atoms with Crippen LogP contribution < -0.4 is 11.3 Å². The first kappa shape index (κ1) is 13.1. The third kappa shape index (κ3) is 2.30. The minimum absolute atomic E-state index is 0.0929. The number of H-pyrrole nitrogens is 1. The number of hydrogen-bond acceptors (Lipinski definition) is 5. The highest BCUT2D eigenvalue weighted by Crippen LogP contribution is 2.29. The average molecular weight is 261 g/mol. The normalized spacial score (nSPS) is 22.1. The Labute approximate surface area is 109 Å². The van der Waals surface area contributed by atoms with Crippen LogP contribution >= 0.6 is 0 Å². The minimum Gasteiger partial charge on any atom is -0.369 e. The number of nitrogens with zero attached hydrogens (tertiary/aromatic N) is 3. The number of rotatable bonds is 1. The van der Waals surface area contributed by atoms with Gasteiger partial charge in [0.25, 0.3) is 5.56 Å². The van der Waals surface area contributed by atoms with Crippen molar-refractivity contribution in [3.63, 3.8) is 0 Å². The van der Waals surface area contributed by atoms with Crippen LogP contribution in [0.4, 0.5) is 5.95 Å². The number of nitrogens with two attached hydrogens (primary N) is 1. The monoisotopic (exact) mass is 261 g/mol. The van der Waals surface area contributed by atoms with Gasteiger partial charge in [-0.05, 0) is 19.8 Å². The summed E-state index contributed by atoms with van der Waals surface area (Å²) in [7, 11) is 0. The predicted octanol–water partition coefficient (Wildman–Crippen LogP) is 0.649. The molecule has 1 saturated heterocycles. The van der Waals surface area contributed by atoms with E-state index in [1.54, 1.807) is 10.9 Å². The van der Waals surface area contributed by atoms with Gasteiger partial charge < -0.3 is 10.5 Å². The van der Waals surface area contributed by atoms with Gasteiger partial charge in [0.1, 0.15) is 6.23 Å². The molecule has 0 saturated carbocycles. The number of hydrogen-bond donors (Lipinski definition) is 2. The standard InChI is InChI=1S/C10H13N5O2.C2H2/c1-5-2-3-6(17-5)15-4-12-7-8(15)13-10(11)14-9(7)16;1-2/h4-6H,2-3H2,1H3,(H3,11,13,14,16);1-2H/t5-,6-;/m1./s1. The van der Waals surface area contributed by atoms with Gasteiger partial charge in [0.15, 0.2) is 11.2 Å². The Morgan fingerprint density at radius 1 is 1.53 bits per heavy atom. The maximum atomic E-state index is 11.6. The Balaban J connectivity index is 0.000000637. The van der Waals surface area contributed by atoms with E-state index in [0.29, 0.717) is 11.2 Å². The summed E-state index contributed by atoms with van der Waals surface area (Å²) in [5, 5.41) is 0. The van der Waals surface area contributed by atoms with Gasteiger partial charge in [-0.1, -0.05) is 0 Å². The molecule has 0 unspecified atom stereocenters. The van der Waals surface area contributed by atoms with Crippen LogP contribution in [-0.2, 0) is 4.74 Å². The molecule has 0 aromatic carbocycles. The van der Waals surface area contributed by atoms with Crippen molar-refractivity contribution >= 4 is 17.1 Å². The zero-order chi connectivity index (χ0) is 14.0. The molecule has 1 aliphatic rings. The second kappa shape index (κ2) is 5.12. The topological polar surface area (TPSA) is 98.8 Å². The highest BCUT2D eigenvalue weighted by atomic mass is 16.5. The number of nitrogens with one attached hydrogen (secondary N) is 1. The van der Waals surface area contributed by atoms with E-state index in [0.717, 1.165) is 12.8 Å². The van der Waals surface area contributed by atoms with Crippen LogP contribution in [0.1, 0.15) is 26.0 Å². The molecule has 0 spiro atoms. The number of anilines is 1. The van der Waals surface area contributed by atoms with Gasteiger partial charge in [0.2, 0.25) is 5.95 Å². The van der Waals surface area contributed by atoms with Crippen LogP contribution in [0.2, 0.25) is 0 Å². The number of aromatic amines is 1. The summed E-state index contributed by atoms with van der Waals surface area (Å²) >= 11 is 0. The van der Waals surface area contributed by atoms with Crippen molar-refractivity contribution in [3.05, 3.63) is 16.7 Å². The van der Waals surface area contributed by atoms with E-state index in [9.17, 15) is 4.79 Å². The number of fused-ring (bicyclic) bond motifs is 1. The fourth-order valence-electron chi connectivity index (χ4n) is 2.14. The summed E-state index contributed by atoms with van der Waals surface area (Å²) in [5.41, 5.74) is 5.98. The molecule has 2 aromatic rings. The molecule has 7 nitrogen and oxygen atoms in total. The second-order valence-corrected chi connectivity index (χ2v) is 4.25. The smallest absolute Gasteiger partial charge is 0.280 e. The van der Waals surface area contributed by atoms with Gasteiger partial charge >= 0.3 is 0 Å². The molecule has 3 rings (SSSR count). The van der Waals surface area contributed by atoms with Crippen molar-refractivity contribution in [2.45, 2.75) is 32.1 Å². The molecule has 2 atom stereocenters. The molecule has 3 heterocycles. The van der Waals surface area contributed by atoms with E-state index in [1.165, 1.54) is 0 Å². The fourth-order valence-corrected chi connectivity index (χ4v) is 2.14. The molecule has 1 aliphatic heterocycles. The molecule has 2 aromatic heterocycles. The maximum Gasteiger partial charge on any atom is 0.280 e. The van der Waals surface area contributed by atoms with Crippen molar-refractivity contribution in [2.75, 3.05) is 5.73 Å². The molecular weight excluding hydrogens is 246 g/mol. The van der Waals surface area contributed by atoms with Gasteiger partial charge in [-0.3, -0.25) is 14.3 Å². The Morgan fingerprint density at radius 2 is 2.26 bits per heavy atom. The molecular formula is C12H15N5O2. The third-order valence-corrected chi connectivity index (χ3v) is 2.97. The summed E-state index contributed by atoms with van der Waals surface area (Å²) in [6.07, 6.45) is 11.6. The van der Waals surface area contributed by atoms with Crippen molar-refractivity contribution < 1.29 is 4.74 Å². The van der Waals surface area contributed by atoms with Crippen molar-refractivity contribution in [3.8, 4) is 12.8 Å². The van der Waals surface area contributed by atoms with Gasteiger partial charge in [0.05, 0.1) is 12.4 Å². The first-order valence-corrected chi connectivity index (χ1v) is 5.86. The number of nitrogen functional groups attached to an aromatic ring is 1. The van der Waals surface area contributed by atoms with Crippen molar-refractivity contribution in [2.24, 2.45) is 0 Å². The number of ether oxygens (including phenoxy) is 1. The van der Waals surface area contributed by atoms with E-state index in [4.69, 9.17) is 10.5 Å². The minimum atomic E-state index is -0.322. The summed E-state index contributed by atoms with van der Waals surface area (Å²) in [4.78, 5) is 22.2. The van der Waals surface area contributed by atoms with Crippen LogP contribution in [-0.4, -0.2) is 25.6 Å². The quantitative estimate of drug-likeness (QED) is 0.734. The first-order valence-electron chi connectivity index (χ1n) is 5.86. The zero-order valence-electron chi connectivity index (χ0n) is 10.5. The molecule has 19 heavy (non-hydrogen) atoms. The van der Waals surface area contributed by atoms with E-state index in [-0.39, 0.29) is 23.8 Å². The van der Waals surface area contributed by atoms with Crippen LogP contribution in [0.25, 0.3) is 11.2 Å². The van der Waals surface area contributed by atoms with E-state index >= 15 is 0 Å². The molecule has 7 heteroatoms. The van der Waals surface area contributed by atoms with Gasteiger partial charge in [-0.15, -0.1) is 12.8 Å². The van der Waals surface area contributed by atoms with Crippen LogP contribution in [0.3, 0.4) is 0 Å². The summed E-state index contributed by atoms with van der Waals surface area (Å²) < 4.78 is 7.49. The Hall–Kier alpha value is -2.33. The van der Waals surface area contributed by atoms with Crippen LogP contribution in [0.5, 0.6) is 0 Å². The Morgan fingerprint density at radius 3 is 2.89 bits per heavy atom. The summed E-state index contributed by atoms with van der Waals surface area (Å²) in [6, 6.07) is 0. The lowest BCUT2D eigenvalue weighted by Crippen LogP contribution is -2.14. The Bertz CT molecular complexity index is 657. The second-order valence-electron chi connectivity index (χ2n) is 4.25. The van der Waals surface area contributed by atoms with E-state index < -0.39 is 0 Å².